The van der Waals surface area contributed by atoms with Gasteiger partial charge in [0.15, 0.2) is 11.5 Å². The smallest absolute Gasteiger partial charge is 0.264 e. The van der Waals surface area contributed by atoms with Gasteiger partial charge in [-0.15, -0.1) is 0 Å². The van der Waals surface area contributed by atoms with Crippen LogP contribution in [-0.4, -0.2) is 28.2 Å². The van der Waals surface area contributed by atoms with Crippen LogP contribution in [0, 0.1) is 6.92 Å². The lowest BCUT2D eigenvalue weighted by Gasteiger charge is -2.22. The molecule has 1 aliphatic heterocycles. The zero-order valence-electron chi connectivity index (χ0n) is 16.5. The summed E-state index contributed by atoms with van der Waals surface area (Å²) in [6, 6.07) is 18.2. The van der Waals surface area contributed by atoms with E-state index in [1.54, 1.807) is 61.5 Å². The van der Waals surface area contributed by atoms with Crippen LogP contribution in [0.1, 0.15) is 15.9 Å². The Morgan fingerprint density at radius 3 is 2.47 bits per heavy atom. The van der Waals surface area contributed by atoms with Crippen LogP contribution in [0.25, 0.3) is 0 Å². The van der Waals surface area contributed by atoms with E-state index in [4.69, 9.17) is 9.47 Å². The normalized spacial score (nSPS) is 12.5. The lowest BCUT2D eigenvalue weighted by Crippen LogP contribution is -2.27. The van der Waals surface area contributed by atoms with Gasteiger partial charge >= 0.3 is 0 Å². The van der Waals surface area contributed by atoms with Crippen LogP contribution in [0.15, 0.2) is 71.6 Å². The van der Waals surface area contributed by atoms with Crippen molar-refractivity contribution >= 4 is 27.3 Å². The van der Waals surface area contributed by atoms with E-state index in [9.17, 15) is 13.2 Å². The van der Waals surface area contributed by atoms with E-state index in [2.05, 4.69) is 5.32 Å². The third kappa shape index (κ3) is 3.69. The Morgan fingerprint density at radius 1 is 0.967 bits per heavy atom. The molecule has 0 aliphatic carbocycles. The molecule has 30 heavy (non-hydrogen) atoms. The molecule has 1 aliphatic rings. The Bertz CT molecular complexity index is 1210. The molecule has 0 spiro atoms. The maximum absolute atomic E-state index is 13.0. The van der Waals surface area contributed by atoms with Gasteiger partial charge < -0.3 is 14.8 Å². The summed E-state index contributed by atoms with van der Waals surface area (Å²) in [5, 5.41) is 2.80. The number of hydrogen-bond acceptors (Lipinski definition) is 5. The van der Waals surface area contributed by atoms with Crippen molar-refractivity contribution in [3.63, 3.8) is 0 Å². The molecule has 7 nitrogen and oxygen atoms in total. The predicted octanol–water partition coefficient (Wildman–Crippen LogP) is 3.80. The highest BCUT2D eigenvalue weighted by atomic mass is 32.2. The summed E-state index contributed by atoms with van der Waals surface area (Å²) in [7, 11) is -2.28. The summed E-state index contributed by atoms with van der Waals surface area (Å²) in [6.45, 7) is 1.95. The predicted molar refractivity (Wildman–Crippen MR) is 114 cm³/mol. The number of anilines is 2. The minimum absolute atomic E-state index is 0.149. The number of benzene rings is 3. The monoisotopic (exact) mass is 424 g/mol. The molecule has 0 saturated heterocycles. The third-order valence-electron chi connectivity index (χ3n) is 4.84. The van der Waals surface area contributed by atoms with Crippen molar-refractivity contribution in [2.45, 2.75) is 11.8 Å². The molecule has 4 rings (SSSR count). The number of carbonyl (C=O) groups is 1. The number of nitrogens with zero attached hydrogens (tertiary/aromatic N) is 1. The average Bonchev–Trinajstić information content (AvgIpc) is 3.22. The number of aryl methyl sites for hydroxylation is 1. The highest BCUT2D eigenvalue weighted by molar-refractivity contribution is 7.92. The van der Waals surface area contributed by atoms with Crippen molar-refractivity contribution in [2.75, 3.05) is 23.5 Å². The van der Waals surface area contributed by atoms with Crippen LogP contribution < -0.4 is 19.1 Å². The fraction of sp³-hybridized carbons (Fsp3) is 0.136. The summed E-state index contributed by atoms with van der Waals surface area (Å²) in [5.74, 6) is 0.824. The van der Waals surface area contributed by atoms with E-state index >= 15 is 0 Å². The Kier molecular flexibility index (Phi) is 5.09. The molecule has 1 N–H and O–H groups in total. The summed E-state index contributed by atoms with van der Waals surface area (Å²) in [6.07, 6.45) is 0. The largest absolute Gasteiger partial charge is 0.454 e. The molecule has 0 bridgehead atoms. The fourth-order valence-electron chi connectivity index (χ4n) is 3.15. The summed E-state index contributed by atoms with van der Waals surface area (Å²) in [4.78, 5) is 13.0. The second kappa shape index (κ2) is 7.72. The second-order valence-corrected chi connectivity index (χ2v) is 8.78. The number of nitrogens with one attached hydrogen (secondary N) is 1. The van der Waals surface area contributed by atoms with Crippen LogP contribution in [0.5, 0.6) is 11.5 Å². The van der Waals surface area contributed by atoms with Crippen molar-refractivity contribution in [3.8, 4) is 11.5 Å². The molecule has 1 amide bonds. The fourth-order valence-corrected chi connectivity index (χ4v) is 4.42. The number of amides is 1. The van der Waals surface area contributed by atoms with Gasteiger partial charge in [0, 0.05) is 24.4 Å². The number of rotatable bonds is 5. The van der Waals surface area contributed by atoms with E-state index in [1.807, 2.05) is 0 Å². The zero-order valence-corrected chi connectivity index (χ0v) is 17.3. The number of fused-ring (bicyclic) bond motifs is 1. The van der Waals surface area contributed by atoms with Crippen LogP contribution in [-0.2, 0) is 10.0 Å². The third-order valence-corrected chi connectivity index (χ3v) is 6.63. The Labute approximate surface area is 174 Å². The summed E-state index contributed by atoms with van der Waals surface area (Å²) < 4.78 is 37.7. The molecule has 0 saturated carbocycles. The van der Waals surface area contributed by atoms with Gasteiger partial charge in [-0.3, -0.25) is 9.10 Å². The van der Waals surface area contributed by atoms with E-state index < -0.39 is 10.0 Å². The summed E-state index contributed by atoms with van der Waals surface area (Å²) in [5.41, 5.74) is 2.05. The van der Waals surface area contributed by atoms with E-state index in [0.717, 1.165) is 5.56 Å². The van der Waals surface area contributed by atoms with Crippen LogP contribution >= 0.6 is 0 Å². The minimum atomic E-state index is -3.75. The average molecular weight is 424 g/mol. The molecule has 3 aromatic carbocycles. The van der Waals surface area contributed by atoms with Gasteiger partial charge in [-0.2, -0.15) is 0 Å². The first-order valence-corrected chi connectivity index (χ1v) is 10.7. The van der Waals surface area contributed by atoms with Crippen molar-refractivity contribution in [1.82, 2.24) is 0 Å². The lowest BCUT2D eigenvalue weighted by atomic mass is 10.1. The van der Waals surface area contributed by atoms with Gasteiger partial charge in [-0.05, 0) is 48.9 Å². The van der Waals surface area contributed by atoms with Gasteiger partial charge in [0.05, 0.1) is 10.6 Å². The standard InChI is InChI=1S/C22H20N2O5S/c1-15-8-9-16(22(25)23-17-10-11-20-21(13-17)29-14-28-20)12-19(15)24(2)30(26,27)18-6-4-3-5-7-18/h3-13H,14H2,1-2H3,(H,23,25). The van der Waals surface area contributed by atoms with Gasteiger partial charge in [-0.1, -0.05) is 24.3 Å². The highest BCUT2D eigenvalue weighted by Gasteiger charge is 2.23. The molecule has 3 aromatic rings. The number of hydrogen-bond donors (Lipinski definition) is 1. The molecule has 0 fully saturated rings. The van der Waals surface area contributed by atoms with Crippen LogP contribution in [0.3, 0.4) is 0 Å². The van der Waals surface area contributed by atoms with Gasteiger partial charge in [0.1, 0.15) is 0 Å². The first-order chi connectivity index (χ1) is 14.4. The van der Waals surface area contributed by atoms with Crippen molar-refractivity contribution in [2.24, 2.45) is 0 Å². The van der Waals surface area contributed by atoms with Crippen molar-refractivity contribution in [3.05, 3.63) is 77.9 Å². The molecule has 0 atom stereocenters. The van der Waals surface area contributed by atoms with Gasteiger partial charge in [-0.25, -0.2) is 8.42 Å². The quantitative estimate of drug-likeness (QED) is 0.673. The second-order valence-electron chi connectivity index (χ2n) is 6.81. The lowest BCUT2D eigenvalue weighted by molar-refractivity contribution is 0.102. The minimum Gasteiger partial charge on any atom is -0.454 e. The Balaban J connectivity index is 1.60. The molecule has 1 heterocycles. The Morgan fingerprint density at radius 2 is 1.70 bits per heavy atom. The zero-order chi connectivity index (χ0) is 21.3. The summed E-state index contributed by atoms with van der Waals surface area (Å²) >= 11 is 0. The molecular weight excluding hydrogens is 404 g/mol. The first kappa shape index (κ1) is 19.8. The molecular formula is C22H20N2O5S. The van der Waals surface area contributed by atoms with E-state index in [0.29, 0.717) is 28.4 Å². The molecule has 8 heteroatoms. The van der Waals surface area contributed by atoms with Crippen molar-refractivity contribution < 1.29 is 22.7 Å². The first-order valence-electron chi connectivity index (χ1n) is 9.22. The molecule has 0 aromatic heterocycles. The highest BCUT2D eigenvalue weighted by Crippen LogP contribution is 2.34. The topological polar surface area (TPSA) is 84.9 Å². The molecule has 0 radical (unpaired) electrons. The number of ether oxygens (including phenoxy) is 2. The molecule has 0 unspecified atom stereocenters. The van der Waals surface area contributed by atoms with Crippen LogP contribution in [0.4, 0.5) is 11.4 Å². The van der Waals surface area contributed by atoms with Gasteiger partial charge in [0.25, 0.3) is 15.9 Å². The number of carbonyl (C=O) groups excluding carboxylic acids is 1. The van der Waals surface area contributed by atoms with Gasteiger partial charge in [0.2, 0.25) is 6.79 Å². The maximum Gasteiger partial charge on any atom is 0.264 e. The Hall–Kier alpha value is -3.52. The van der Waals surface area contributed by atoms with E-state index in [-0.39, 0.29) is 17.6 Å². The molecule has 154 valence electrons. The van der Waals surface area contributed by atoms with Crippen LogP contribution in [0.2, 0.25) is 0 Å². The van der Waals surface area contributed by atoms with E-state index in [1.165, 1.54) is 23.5 Å². The van der Waals surface area contributed by atoms with Crippen molar-refractivity contribution in [1.29, 1.82) is 0 Å². The SMILES string of the molecule is Cc1ccc(C(=O)Nc2ccc3c(c2)OCO3)cc1N(C)S(=O)(=O)c1ccccc1. The number of sulfonamides is 1. The maximum atomic E-state index is 13.0.